The first-order valence-corrected chi connectivity index (χ1v) is 5.46. The molecule has 1 aromatic rings. The van der Waals surface area contributed by atoms with Gasteiger partial charge in [-0.3, -0.25) is 0 Å². The third kappa shape index (κ3) is 3.63. The van der Waals surface area contributed by atoms with E-state index in [0.717, 1.165) is 5.56 Å². The number of hydrogen-bond donors (Lipinski definition) is 1. The maximum absolute atomic E-state index is 12.3. The minimum absolute atomic E-state index is 0.405. The van der Waals surface area contributed by atoms with E-state index in [1.165, 1.54) is 12.1 Å². The fourth-order valence-corrected chi connectivity index (χ4v) is 1.33. The smallest absolute Gasteiger partial charge is 0.373 e. The highest BCUT2D eigenvalue weighted by molar-refractivity contribution is 5.20. The quantitative estimate of drug-likeness (QED) is 0.864. The van der Waals surface area contributed by atoms with Crippen LogP contribution in [0, 0.1) is 6.92 Å². The van der Waals surface area contributed by atoms with Crippen LogP contribution in [0.1, 0.15) is 11.1 Å². The molecule has 8 heteroatoms. The van der Waals surface area contributed by atoms with E-state index in [0.29, 0.717) is 5.56 Å². The Balaban J connectivity index is 2.72. The fraction of sp³-hybridized carbons (Fsp3) is 0.500. The van der Waals surface area contributed by atoms with Gasteiger partial charge in [-0.05, 0) is 12.5 Å². The first kappa shape index (κ1) is 16.8. The van der Waals surface area contributed by atoms with Crippen LogP contribution in [0.2, 0.25) is 0 Å². The maximum Gasteiger partial charge on any atom is 0.428 e. The molecule has 0 atom stereocenters. The number of benzene rings is 1. The van der Waals surface area contributed by atoms with Gasteiger partial charge in [-0.15, -0.1) is 0 Å². The van der Waals surface area contributed by atoms with E-state index in [4.69, 9.17) is 5.11 Å². The molecule has 0 radical (unpaired) electrons. The third-order valence-electron chi connectivity index (χ3n) is 2.64. The number of aliphatic hydroxyl groups is 1. The molecule has 0 unspecified atom stereocenters. The van der Waals surface area contributed by atoms with Crippen molar-refractivity contribution >= 4 is 0 Å². The highest BCUT2D eigenvalue weighted by atomic mass is 19.4. The van der Waals surface area contributed by atoms with Gasteiger partial charge < -0.3 is 9.84 Å². The topological polar surface area (TPSA) is 29.5 Å². The van der Waals surface area contributed by atoms with Crippen LogP contribution in [0.5, 0.6) is 0 Å². The molecule has 2 nitrogen and oxygen atoms in total. The second kappa shape index (κ2) is 5.61. The highest BCUT2D eigenvalue weighted by Gasteiger charge is 2.70. The van der Waals surface area contributed by atoms with Crippen LogP contribution in [0.25, 0.3) is 0 Å². The van der Waals surface area contributed by atoms with Crippen LogP contribution >= 0.6 is 0 Å². The second-order valence-electron chi connectivity index (χ2n) is 4.33. The Morgan fingerprint density at radius 2 is 1.40 bits per heavy atom. The van der Waals surface area contributed by atoms with E-state index < -0.39 is 31.2 Å². The molecule has 0 aliphatic rings. The molecule has 0 saturated carbocycles. The van der Waals surface area contributed by atoms with Gasteiger partial charge in [0, 0.05) is 0 Å². The average Bonchev–Trinajstić information content (AvgIpc) is 2.28. The zero-order chi connectivity index (χ0) is 15.6. The molecular weight excluding hydrogens is 290 g/mol. The predicted molar refractivity (Wildman–Crippen MR) is 57.9 cm³/mol. The molecule has 0 spiro atoms. The molecule has 0 amide bonds. The van der Waals surface area contributed by atoms with Gasteiger partial charge in [-0.2, -0.15) is 26.3 Å². The van der Waals surface area contributed by atoms with Crippen LogP contribution < -0.4 is 0 Å². The molecule has 1 N–H and O–H groups in total. The number of alkyl halides is 6. The molecule has 114 valence electrons. The molecule has 0 aromatic heterocycles. The Kier molecular flexibility index (Phi) is 4.70. The van der Waals surface area contributed by atoms with E-state index in [1.807, 2.05) is 0 Å². The third-order valence-corrected chi connectivity index (χ3v) is 2.64. The van der Waals surface area contributed by atoms with Gasteiger partial charge >= 0.3 is 12.4 Å². The summed E-state index contributed by atoms with van der Waals surface area (Å²) in [6.07, 6.45) is -11.7. The number of hydrogen-bond acceptors (Lipinski definition) is 2. The zero-order valence-electron chi connectivity index (χ0n) is 10.3. The van der Waals surface area contributed by atoms with Gasteiger partial charge in [0.25, 0.3) is 5.60 Å². The van der Waals surface area contributed by atoms with E-state index in [1.54, 1.807) is 19.1 Å². The van der Waals surface area contributed by atoms with Gasteiger partial charge in [-0.25, -0.2) is 0 Å². The Bertz CT molecular complexity index is 421. The summed E-state index contributed by atoms with van der Waals surface area (Å²) in [4.78, 5) is 0. The van der Waals surface area contributed by atoms with Crippen LogP contribution in [0.15, 0.2) is 24.3 Å². The summed E-state index contributed by atoms with van der Waals surface area (Å²) in [6, 6.07) is 6.29. The predicted octanol–water partition coefficient (Wildman–Crippen LogP) is 3.37. The Morgan fingerprint density at radius 3 is 1.80 bits per heavy atom. The lowest BCUT2D eigenvalue weighted by molar-refractivity contribution is -0.378. The van der Waals surface area contributed by atoms with Crippen LogP contribution in [-0.2, 0) is 11.3 Å². The largest absolute Gasteiger partial charge is 0.428 e. The van der Waals surface area contributed by atoms with E-state index >= 15 is 0 Å². The first-order valence-electron chi connectivity index (χ1n) is 5.46. The molecule has 0 aliphatic heterocycles. The summed E-state index contributed by atoms with van der Waals surface area (Å²) < 4.78 is 78.4. The lowest BCUT2D eigenvalue weighted by Crippen LogP contribution is -2.59. The van der Waals surface area contributed by atoms with Crippen LogP contribution in [-0.4, -0.2) is 29.7 Å². The summed E-state index contributed by atoms with van der Waals surface area (Å²) >= 11 is 0. The van der Waals surface area contributed by atoms with E-state index in [-0.39, 0.29) is 0 Å². The second-order valence-corrected chi connectivity index (χ2v) is 4.33. The minimum Gasteiger partial charge on any atom is -0.373 e. The highest BCUT2D eigenvalue weighted by Crippen LogP contribution is 2.43. The van der Waals surface area contributed by atoms with Gasteiger partial charge in [0.1, 0.15) is 0 Å². The molecule has 0 heterocycles. The van der Waals surface area contributed by atoms with Crippen molar-refractivity contribution in [2.75, 3.05) is 6.61 Å². The summed E-state index contributed by atoms with van der Waals surface area (Å²) in [6.45, 7) is -0.598. The van der Waals surface area contributed by atoms with Crippen molar-refractivity contribution in [2.45, 2.75) is 31.5 Å². The summed E-state index contributed by atoms with van der Waals surface area (Å²) in [5.41, 5.74) is -3.58. The molecule has 1 rings (SSSR count). The van der Waals surface area contributed by atoms with Crippen molar-refractivity contribution < 1.29 is 36.2 Å². The number of rotatable bonds is 4. The van der Waals surface area contributed by atoms with Crippen molar-refractivity contribution in [3.05, 3.63) is 35.4 Å². The van der Waals surface area contributed by atoms with Crippen LogP contribution in [0.3, 0.4) is 0 Å². The van der Waals surface area contributed by atoms with E-state index in [9.17, 15) is 26.3 Å². The Hall–Kier alpha value is -1.28. The summed E-state index contributed by atoms with van der Waals surface area (Å²) in [5, 5.41) is 8.83. The van der Waals surface area contributed by atoms with E-state index in [2.05, 4.69) is 4.74 Å². The molecule has 0 bridgehead atoms. The molecule has 0 fully saturated rings. The van der Waals surface area contributed by atoms with Crippen molar-refractivity contribution in [1.82, 2.24) is 0 Å². The number of aryl methyl sites for hydroxylation is 1. The lowest BCUT2D eigenvalue weighted by atomic mass is 10.0. The minimum atomic E-state index is -5.86. The van der Waals surface area contributed by atoms with Gasteiger partial charge in [0.15, 0.2) is 0 Å². The summed E-state index contributed by atoms with van der Waals surface area (Å²) in [7, 11) is 0. The average molecular weight is 302 g/mol. The molecule has 20 heavy (non-hydrogen) atoms. The Labute approximate surface area is 111 Å². The van der Waals surface area contributed by atoms with Crippen molar-refractivity contribution in [3.63, 3.8) is 0 Å². The molecule has 0 saturated heterocycles. The van der Waals surface area contributed by atoms with Crippen molar-refractivity contribution in [1.29, 1.82) is 0 Å². The summed E-state index contributed by atoms with van der Waals surface area (Å²) in [5.74, 6) is 0. The molecular formula is C12H12F6O2. The number of ether oxygens (including phenoxy) is 1. The fourth-order valence-electron chi connectivity index (χ4n) is 1.33. The van der Waals surface area contributed by atoms with Crippen molar-refractivity contribution in [2.24, 2.45) is 0 Å². The van der Waals surface area contributed by atoms with Gasteiger partial charge in [-0.1, -0.05) is 29.8 Å². The maximum atomic E-state index is 12.3. The zero-order valence-corrected chi connectivity index (χ0v) is 10.3. The standard InChI is InChI=1S/C12H12F6O2/c1-8-2-4-9(5-3-8)6-20-7-10(19,11(13,14)15)12(16,17)18/h2-5,19H,6-7H2,1H3. The number of halogens is 6. The van der Waals surface area contributed by atoms with Crippen LogP contribution in [0.4, 0.5) is 26.3 Å². The monoisotopic (exact) mass is 302 g/mol. The normalized spacial score (nSPS) is 13.6. The molecule has 0 aliphatic carbocycles. The Morgan fingerprint density at radius 1 is 0.950 bits per heavy atom. The van der Waals surface area contributed by atoms with Crippen molar-refractivity contribution in [3.8, 4) is 0 Å². The van der Waals surface area contributed by atoms with Gasteiger partial charge in [0.05, 0.1) is 13.2 Å². The van der Waals surface area contributed by atoms with Gasteiger partial charge in [0.2, 0.25) is 0 Å². The first-order chi connectivity index (χ1) is 8.97. The SMILES string of the molecule is Cc1ccc(COCC(O)(C(F)(F)F)C(F)(F)F)cc1. The molecule has 1 aromatic carbocycles. The lowest BCUT2D eigenvalue weighted by Gasteiger charge is -2.31.